The van der Waals surface area contributed by atoms with E-state index < -0.39 is 12.0 Å². The van der Waals surface area contributed by atoms with Crippen molar-refractivity contribution in [3.63, 3.8) is 0 Å². The van der Waals surface area contributed by atoms with Gasteiger partial charge in [0.2, 0.25) is 5.91 Å². The SMILES string of the molecule is CC(=O)SCC1CC(=O)N(C(C(=O)O)c2ccccc2C)C1. The van der Waals surface area contributed by atoms with E-state index in [1.54, 1.807) is 12.1 Å². The van der Waals surface area contributed by atoms with Crippen molar-refractivity contribution >= 4 is 28.8 Å². The van der Waals surface area contributed by atoms with Gasteiger partial charge in [0.05, 0.1) is 0 Å². The second-order valence-corrected chi connectivity index (χ2v) is 6.71. The van der Waals surface area contributed by atoms with Crippen LogP contribution in [0.25, 0.3) is 0 Å². The van der Waals surface area contributed by atoms with E-state index in [2.05, 4.69) is 0 Å². The summed E-state index contributed by atoms with van der Waals surface area (Å²) in [5.74, 6) is -0.614. The molecule has 1 amide bonds. The first-order valence-electron chi connectivity index (χ1n) is 7.11. The predicted molar refractivity (Wildman–Crippen MR) is 84.5 cm³/mol. The molecule has 5 nitrogen and oxygen atoms in total. The quantitative estimate of drug-likeness (QED) is 0.900. The lowest BCUT2D eigenvalue weighted by Crippen LogP contribution is -2.36. The number of aliphatic carboxylic acids is 1. The molecule has 2 rings (SSSR count). The van der Waals surface area contributed by atoms with Crippen molar-refractivity contribution in [1.82, 2.24) is 4.90 Å². The zero-order valence-electron chi connectivity index (χ0n) is 12.6. The first kappa shape index (κ1) is 16.5. The highest BCUT2D eigenvalue weighted by Gasteiger charge is 2.39. The van der Waals surface area contributed by atoms with Crippen LogP contribution in [0.3, 0.4) is 0 Å². The molecule has 1 fully saturated rings. The molecule has 0 bridgehead atoms. The van der Waals surface area contributed by atoms with E-state index in [-0.39, 0.29) is 16.9 Å². The van der Waals surface area contributed by atoms with Crippen molar-refractivity contribution in [3.05, 3.63) is 35.4 Å². The Morgan fingerprint density at radius 3 is 2.68 bits per heavy atom. The topological polar surface area (TPSA) is 74.7 Å². The van der Waals surface area contributed by atoms with Gasteiger partial charge in [-0.15, -0.1) is 0 Å². The Kier molecular flexibility index (Phi) is 5.24. The monoisotopic (exact) mass is 321 g/mol. The fourth-order valence-corrected chi connectivity index (χ4v) is 3.43. The van der Waals surface area contributed by atoms with Crippen LogP contribution < -0.4 is 0 Å². The zero-order valence-corrected chi connectivity index (χ0v) is 13.4. The van der Waals surface area contributed by atoms with Crippen LogP contribution in [0, 0.1) is 12.8 Å². The standard InChI is InChI=1S/C16H19NO4S/c1-10-5-3-4-6-13(10)15(16(20)21)17-8-12(7-14(17)19)9-22-11(2)18/h3-6,12,15H,7-9H2,1-2H3,(H,20,21). The lowest BCUT2D eigenvalue weighted by Gasteiger charge is -2.26. The molecule has 1 aromatic carbocycles. The molecule has 0 aromatic heterocycles. The largest absolute Gasteiger partial charge is 0.479 e. The van der Waals surface area contributed by atoms with Crippen LogP contribution >= 0.6 is 11.8 Å². The fourth-order valence-electron chi connectivity index (χ4n) is 2.73. The van der Waals surface area contributed by atoms with Gasteiger partial charge < -0.3 is 10.0 Å². The highest BCUT2D eigenvalue weighted by Crippen LogP contribution is 2.32. The smallest absolute Gasteiger partial charge is 0.331 e. The third-order valence-electron chi connectivity index (χ3n) is 3.79. The van der Waals surface area contributed by atoms with Gasteiger partial charge in [-0.2, -0.15) is 0 Å². The molecule has 6 heteroatoms. The van der Waals surface area contributed by atoms with Gasteiger partial charge in [-0.25, -0.2) is 4.79 Å². The summed E-state index contributed by atoms with van der Waals surface area (Å²) >= 11 is 1.19. The number of nitrogens with zero attached hydrogens (tertiary/aromatic N) is 1. The molecule has 118 valence electrons. The summed E-state index contributed by atoms with van der Waals surface area (Å²) in [7, 11) is 0. The fraction of sp³-hybridized carbons (Fsp3) is 0.438. The number of carbonyl (C=O) groups excluding carboxylic acids is 2. The second-order valence-electron chi connectivity index (χ2n) is 5.52. The number of hydrogen-bond donors (Lipinski definition) is 1. The maximum Gasteiger partial charge on any atom is 0.331 e. The Morgan fingerprint density at radius 1 is 1.41 bits per heavy atom. The van der Waals surface area contributed by atoms with Crippen LogP contribution in [0.1, 0.15) is 30.5 Å². The molecule has 1 aliphatic heterocycles. The maximum absolute atomic E-state index is 12.2. The molecule has 2 atom stereocenters. The number of carboxylic acid groups (broad SMARTS) is 1. The van der Waals surface area contributed by atoms with Gasteiger partial charge in [0.15, 0.2) is 11.2 Å². The Balaban J connectivity index is 2.20. The van der Waals surface area contributed by atoms with Crippen molar-refractivity contribution in [2.24, 2.45) is 5.92 Å². The maximum atomic E-state index is 12.2. The predicted octanol–water partition coefficient (Wildman–Crippen LogP) is 2.25. The van der Waals surface area contributed by atoms with Crippen molar-refractivity contribution in [3.8, 4) is 0 Å². The van der Waals surface area contributed by atoms with Crippen molar-refractivity contribution < 1.29 is 19.5 Å². The van der Waals surface area contributed by atoms with Crippen molar-refractivity contribution in [2.75, 3.05) is 12.3 Å². The third kappa shape index (κ3) is 3.68. The molecule has 1 aromatic rings. The summed E-state index contributed by atoms with van der Waals surface area (Å²) in [5.41, 5.74) is 1.49. The first-order chi connectivity index (χ1) is 10.4. The summed E-state index contributed by atoms with van der Waals surface area (Å²) in [5, 5.41) is 9.59. The van der Waals surface area contributed by atoms with Gasteiger partial charge in [-0.1, -0.05) is 36.0 Å². The van der Waals surface area contributed by atoms with Crippen LogP contribution in [-0.4, -0.2) is 39.3 Å². The van der Waals surface area contributed by atoms with Crippen LogP contribution in [0.4, 0.5) is 0 Å². The molecule has 0 aliphatic carbocycles. The minimum Gasteiger partial charge on any atom is -0.479 e. The summed E-state index contributed by atoms with van der Waals surface area (Å²) in [6, 6.07) is 6.26. The lowest BCUT2D eigenvalue weighted by atomic mass is 10.0. The number of hydrogen-bond acceptors (Lipinski definition) is 4. The highest BCUT2D eigenvalue weighted by molar-refractivity contribution is 8.13. The number of thioether (sulfide) groups is 1. The molecule has 2 unspecified atom stereocenters. The molecule has 0 saturated carbocycles. The molecule has 1 saturated heterocycles. The number of carboxylic acids is 1. The van der Waals surface area contributed by atoms with E-state index in [0.717, 1.165) is 5.56 Å². The molecule has 0 spiro atoms. The average molecular weight is 321 g/mol. The van der Waals surface area contributed by atoms with Gasteiger partial charge >= 0.3 is 5.97 Å². The van der Waals surface area contributed by atoms with Crippen molar-refractivity contribution in [1.29, 1.82) is 0 Å². The van der Waals surface area contributed by atoms with Gasteiger partial charge in [-0.3, -0.25) is 9.59 Å². The lowest BCUT2D eigenvalue weighted by molar-refractivity contribution is -0.148. The van der Waals surface area contributed by atoms with E-state index in [1.807, 2.05) is 19.1 Å². The molecule has 1 N–H and O–H groups in total. The van der Waals surface area contributed by atoms with Crippen molar-refractivity contribution in [2.45, 2.75) is 26.3 Å². The number of aryl methyl sites for hydroxylation is 1. The molecule has 22 heavy (non-hydrogen) atoms. The van der Waals surface area contributed by atoms with E-state index in [0.29, 0.717) is 24.3 Å². The molecular weight excluding hydrogens is 302 g/mol. The number of carbonyl (C=O) groups is 3. The van der Waals surface area contributed by atoms with Crippen LogP contribution in [0.2, 0.25) is 0 Å². The number of benzene rings is 1. The third-order valence-corrected chi connectivity index (χ3v) is 4.83. The number of amides is 1. The minimum absolute atomic E-state index is 0.0135. The van der Waals surface area contributed by atoms with Gasteiger partial charge in [0.1, 0.15) is 0 Å². The van der Waals surface area contributed by atoms with Crippen LogP contribution in [-0.2, 0) is 14.4 Å². The Morgan fingerprint density at radius 2 is 2.09 bits per heavy atom. The van der Waals surface area contributed by atoms with Gasteiger partial charge in [-0.05, 0) is 24.0 Å². The summed E-state index contributed by atoms with van der Waals surface area (Å²) < 4.78 is 0. The average Bonchev–Trinajstić information content (AvgIpc) is 2.80. The second kappa shape index (κ2) is 6.96. The van der Waals surface area contributed by atoms with E-state index in [1.165, 1.54) is 23.6 Å². The normalized spacial score (nSPS) is 19.3. The summed E-state index contributed by atoms with van der Waals surface area (Å²) in [4.78, 5) is 36.4. The number of rotatable bonds is 5. The molecule has 1 heterocycles. The Labute approximate surface area is 133 Å². The van der Waals surface area contributed by atoms with E-state index in [9.17, 15) is 19.5 Å². The minimum atomic E-state index is -1.03. The summed E-state index contributed by atoms with van der Waals surface area (Å²) in [6.45, 7) is 3.71. The molecule has 1 aliphatic rings. The highest BCUT2D eigenvalue weighted by atomic mass is 32.2. The number of likely N-dealkylation sites (tertiary alicyclic amines) is 1. The van der Waals surface area contributed by atoms with Gasteiger partial charge in [0.25, 0.3) is 0 Å². The van der Waals surface area contributed by atoms with E-state index in [4.69, 9.17) is 0 Å². The van der Waals surface area contributed by atoms with Crippen LogP contribution in [0.5, 0.6) is 0 Å². The van der Waals surface area contributed by atoms with E-state index >= 15 is 0 Å². The van der Waals surface area contributed by atoms with Crippen LogP contribution in [0.15, 0.2) is 24.3 Å². The zero-order chi connectivity index (χ0) is 16.3. The first-order valence-corrected chi connectivity index (χ1v) is 8.10. The molecule has 0 radical (unpaired) electrons. The Bertz CT molecular complexity index is 602. The summed E-state index contributed by atoms with van der Waals surface area (Å²) in [6.07, 6.45) is 0.302. The van der Waals surface area contributed by atoms with Gasteiger partial charge in [0, 0.05) is 25.6 Å². The Hall–Kier alpha value is -1.82. The molecular formula is C16H19NO4S.